The molecule has 0 saturated heterocycles. The summed E-state index contributed by atoms with van der Waals surface area (Å²) < 4.78 is 10.1. The van der Waals surface area contributed by atoms with Crippen LogP contribution in [0.2, 0.25) is 0 Å². The first kappa shape index (κ1) is 35.5. The van der Waals surface area contributed by atoms with E-state index >= 15 is 0 Å². The minimum Gasteiger partial charge on any atom is -0.353 e. The monoisotopic (exact) mass is 522 g/mol. The fraction of sp³-hybridized carbons (Fsp3) is 0.514. The number of hydrogen-bond donors (Lipinski definition) is 0. The van der Waals surface area contributed by atoms with Gasteiger partial charge in [0.1, 0.15) is 6.29 Å². The van der Waals surface area contributed by atoms with Crippen LogP contribution in [0.5, 0.6) is 0 Å². The van der Waals surface area contributed by atoms with E-state index in [9.17, 15) is 4.79 Å². The molecule has 1 aromatic carbocycles. The van der Waals surface area contributed by atoms with E-state index in [0.29, 0.717) is 0 Å². The Morgan fingerprint density at radius 2 is 1.32 bits per heavy atom. The highest BCUT2D eigenvalue weighted by atomic mass is 16.7. The molecule has 3 heteroatoms. The molecule has 0 bridgehead atoms. The van der Waals surface area contributed by atoms with Crippen molar-refractivity contribution in [3.63, 3.8) is 0 Å². The normalized spacial score (nSPS) is 11.8. The maximum atomic E-state index is 10.9. The average Bonchev–Trinajstić information content (AvgIpc) is 2.85. The van der Waals surface area contributed by atoms with E-state index in [1.807, 2.05) is 26.8 Å². The number of rotatable bonds is 16. The Labute approximate surface area is 234 Å². The predicted octanol–water partition coefficient (Wildman–Crippen LogP) is 9.77. The molecule has 1 aromatic rings. The van der Waals surface area contributed by atoms with Gasteiger partial charge in [-0.05, 0) is 124 Å². The Bertz CT molecular complexity index is 930. The lowest BCUT2D eigenvalue weighted by Crippen LogP contribution is -2.11. The summed E-state index contributed by atoms with van der Waals surface area (Å²) in [5, 5.41) is 0. The van der Waals surface area contributed by atoms with Crippen molar-refractivity contribution in [2.24, 2.45) is 0 Å². The molecule has 0 spiro atoms. The van der Waals surface area contributed by atoms with Gasteiger partial charge in [-0.25, -0.2) is 0 Å². The van der Waals surface area contributed by atoms with Crippen LogP contribution in [-0.2, 0) is 27.1 Å². The summed E-state index contributed by atoms with van der Waals surface area (Å²) in [6, 6.07) is 6.43. The zero-order valence-electron chi connectivity index (χ0n) is 25.7. The third-order valence-corrected chi connectivity index (χ3v) is 5.97. The largest absolute Gasteiger partial charge is 0.353 e. The molecule has 1 rings (SSSR count). The van der Waals surface area contributed by atoms with Crippen LogP contribution in [0.4, 0.5) is 0 Å². The van der Waals surface area contributed by atoms with Gasteiger partial charge in [-0.15, -0.1) is 0 Å². The summed E-state index contributed by atoms with van der Waals surface area (Å²) in [5.41, 5.74) is 9.42. The molecule has 0 aliphatic heterocycles. The van der Waals surface area contributed by atoms with Crippen LogP contribution in [-0.4, -0.2) is 25.8 Å². The first-order valence-corrected chi connectivity index (χ1v) is 14.2. The molecule has 0 atom stereocenters. The van der Waals surface area contributed by atoms with Gasteiger partial charge in [0.05, 0.1) is 0 Å². The molecular weight excluding hydrogens is 468 g/mol. The molecule has 0 unspecified atom stereocenters. The number of allylic oxidation sites excluding steroid dienone is 9. The van der Waals surface area contributed by atoms with E-state index < -0.39 is 0 Å². The SMILES string of the molecule is CC(C)=CCC/C(C)=C/Cc1cccc(/C=C/C=O)c1C/C=C(\C)CCC=C(C)C.CCOC(C)OCC. The summed E-state index contributed by atoms with van der Waals surface area (Å²) in [6.45, 7) is 20.3. The smallest absolute Gasteiger partial charge is 0.154 e. The van der Waals surface area contributed by atoms with Gasteiger partial charge >= 0.3 is 0 Å². The number of carbonyl (C=O) groups excluding carboxylic acids is 1. The minimum absolute atomic E-state index is 0.0370. The highest BCUT2D eigenvalue weighted by Crippen LogP contribution is 2.21. The van der Waals surface area contributed by atoms with Crippen LogP contribution in [0.3, 0.4) is 0 Å². The number of benzene rings is 1. The van der Waals surface area contributed by atoms with Crippen molar-refractivity contribution in [2.75, 3.05) is 13.2 Å². The van der Waals surface area contributed by atoms with E-state index in [1.165, 1.54) is 33.4 Å². The Morgan fingerprint density at radius 3 is 1.79 bits per heavy atom. The Morgan fingerprint density at radius 1 is 0.789 bits per heavy atom. The Balaban J connectivity index is 0.00000147. The lowest BCUT2D eigenvalue weighted by atomic mass is 9.93. The minimum atomic E-state index is -0.0370. The summed E-state index contributed by atoms with van der Waals surface area (Å²) in [6.07, 6.45) is 19.9. The van der Waals surface area contributed by atoms with E-state index in [4.69, 9.17) is 9.47 Å². The fourth-order valence-corrected chi connectivity index (χ4v) is 3.85. The summed E-state index contributed by atoms with van der Waals surface area (Å²) in [5.74, 6) is 0. The van der Waals surface area contributed by atoms with Gasteiger partial charge in [0.2, 0.25) is 0 Å². The predicted molar refractivity (Wildman–Crippen MR) is 167 cm³/mol. The number of hydrogen-bond acceptors (Lipinski definition) is 3. The molecule has 0 aromatic heterocycles. The first-order chi connectivity index (χ1) is 18.1. The van der Waals surface area contributed by atoms with Gasteiger partial charge in [-0.3, -0.25) is 4.79 Å². The highest BCUT2D eigenvalue weighted by Gasteiger charge is 2.06. The zero-order chi connectivity index (χ0) is 28.8. The number of carbonyl (C=O) groups is 1. The molecule has 3 nitrogen and oxygen atoms in total. The standard InChI is InChI=1S/C29H40O.C6H14O2/c1-23(2)11-7-13-25(5)18-20-28-16-9-15-27(17-10-22-30)29(28)21-19-26(6)14-8-12-24(3)4;1-4-7-6(3)8-5-2/h9-12,15-19,22H,7-8,13-14,20-21H2,1-6H3;6H,4-5H2,1-3H3/b17-10+,25-18+,26-19+;. The van der Waals surface area contributed by atoms with Gasteiger partial charge in [0.25, 0.3) is 0 Å². The van der Waals surface area contributed by atoms with Crippen molar-refractivity contribution in [2.45, 2.75) is 107 Å². The fourth-order valence-electron chi connectivity index (χ4n) is 3.85. The molecule has 0 saturated carbocycles. The average molecular weight is 523 g/mol. The molecule has 0 N–H and O–H groups in total. The van der Waals surface area contributed by atoms with Crippen molar-refractivity contribution >= 4 is 12.4 Å². The Hall–Kier alpha value is -2.49. The van der Waals surface area contributed by atoms with E-state index in [-0.39, 0.29) is 6.29 Å². The molecule has 212 valence electrons. The molecule has 0 aliphatic carbocycles. The quantitative estimate of drug-likeness (QED) is 0.0938. The van der Waals surface area contributed by atoms with Crippen LogP contribution in [0.25, 0.3) is 6.08 Å². The van der Waals surface area contributed by atoms with Gasteiger partial charge < -0.3 is 9.47 Å². The molecule has 0 amide bonds. The van der Waals surface area contributed by atoms with Crippen LogP contribution in [0.15, 0.2) is 70.9 Å². The first-order valence-electron chi connectivity index (χ1n) is 14.2. The molecular formula is C35H54O3. The molecule has 0 aliphatic rings. The second-order valence-electron chi connectivity index (χ2n) is 10.1. The van der Waals surface area contributed by atoms with Crippen molar-refractivity contribution in [3.8, 4) is 0 Å². The zero-order valence-corrected chi connectivity index (χ0v) is 25.7. The van der Waals surface area contributed by atoms with Gasteiger partial charge in [0, 0.05) is 13.2 Å². The number of aldehydes is 1. The second-order valence-corrected chi connectivity index (χ2v) is 10.1. The third-order valence-electron chi connectivity index (χ3n) is 5.97. The summed E-state index contributed by atoms with van der Waals surface area (Å²) in [4.78, 5) is 10.9. The number of ether oxygens (including phenoxy) is 2. The molecule has 38 heavy (non-hydrogen) atoms. The lowest BCUT2D eigenvalue weighted by Gasteiger charge is -2.12. The second kappa shape index (κ2) is 22.5. The summed E-state index contributed by atoms with van der Waals surface area (Å²) in [7, 11) is 0. The highest BCUT2D eigenvalue weighted by molar-refractivity contribution is 5.75. The lowest BCUT2D eigenvalue weighted by molar-refractivity contribution is -0.123. The van der Waals surface area contributed by atoms with Crippen molar-refractivity contribution in [1.29, 1.82) is 0 Å². The van der Waals surface area contributed by atoms with Gasteiger partial charge in [-0.1, -0.05) is 70.9 Å². The topological polar surface area (TPSA) is 35.5 Å². The Kier molecular flexibility index (Phi) is 21.0. The molecule has 0 heterocycles. The maximum Gasteiger partial charge on any atom is 0.154 e. The summed E-state index contributed by atoms with van der Waals surface area (Å²) >= 11 is 0. The van der Waals surface area contributed by atoms with Crippen molar-refractivity contribution in [1.82, 2.24) is 0 Å². The van der Waals surface area contributed by atoms with Gasteiger partial charge in [0.15, 0.2) is 6.29 Å². The van der Waals surface area contributed by atoms with Crippen molar-refractivity contribution < 1.29 is 14.3 Å². The molecule has 0 radical (unpaired) electrons. The van der Waals surface area contributed by atoms with Gasteiger partial charge in [-0.2, -0.15) is 0 Å². The van der Waals surface area contributed by atoms with Crippen molar-refractivity contribution in [3.05, 3.63) is 87.6 Å². The van der Waals surface area contributed by atoms with Crippen LogP contribution in [0, 0.1) is 0 Å². The van der Waals surface area contributed by atoms with E-state index in [0.717, 1.165) is 63.6 Å². The van der Waals surface area contributed by atoms with Crippen LogP contribution < -0.4 is 0 Å². The van der Waals surface area contributed by atoms with E-state index in [2.05, 4.69) is 84.0 Å². The third kappa shape index (κ3) is 18.7. The van der Waals surface area contributed by atoms with Crippen LogP contribution >= 0.6 is 0 Å². The van der Waals surface area contributed by atoms with E-state index in [1.54, 1.807) is 6.08 Å². The molecule has 0 fully saturated rings. The van der Waals surface area contributed by atoms with Crippen LogP contribution in [0.1, 0.15) is 105 Å². The maximum absolute atomic E-state index is 10.9.